The van der Waals surface area contributed by atoms with Gasteiger partial charge >= 0.3 is 0 Å². The van der Waals surface area contributed by atoms with Crippen LogP contribution in [0.5, 0.6) is 0 Å². The molecule has 8 heteroatoms. The zero-order valence-corrected chi connectivity index (χ0v) is 18.4. The molecule has 156 valence electrons. The molecule has 0 saturated carbocycles. The quantitative estimate of drug-likeness (QED) is 0.292. The highest BCUT2D eigenvalue weighted by Gasteiger charge is 2.27. The van der Waals surface area contributed by atoms with Crippen LogP contribution in [0.15, 0.2) is 48.5 Å². The van der Waals surface area contributed by atoms with Crippen LogP contribution in [0.2, 0.25) is 0 Å². The van der Waals surface area contributed by atoms with Crippen molar-refractivity contribution in [3.8, 4) is 10.6 Å². The van der Waals surface area contributed by atoms with E-state index in [0.29, 0.717) is 5.92 Å². The first-order chi connectivity index (χ1) is 15.0. The minimum absolute atomic E-state index is 0.0988. The first kappa shape index (κ1) is 19.8. The Morgan fingerprint density at radius 3 is 2.84 bits per heavy atom. The summed E-state index contributed by atoms with van der Waals surface area (Å²) in [6, 6.07) is 13.8. The Balaban J connectivity index is 1.57. The van der Waals surface area contributed by atoms with Crippen molar-refractivity contribution in [2.75, 3.05) is 5.32 Å². The molecule has 1 unspecified atom stereocenters. The standard InChI is InChI=1S/C23H19N3O3S2/c1-13-9-10-16-19(11-13)31-23(20(16)22-24-17-7-2-3-8-18(17)30-22)25-21(27)14-5-4-6-15(12-14)26(28)29/h2-8,12-13H,9-11H2,1H3,(H,25,27). The number of para-hydroxylation sites is 1. The Bertz CT molecular complexity index is 1290. The monoisotopic (exact) mass is 449 g/mol. The maximum Gasteiger partial charge on any atom is 0.270 e. The summed E-state index contributed by atoms with van der Waals surface area (Å²) in [5.74, 6) is 0.257. The lowest BCUT2D eigenvalue weighted by Crippen LogP contribution is -2.12. The smallest absolute Gasteiger partial charge is 0.270 e. The van der Waals surface area contributed by atoms with Gasteiger partial charge in [-0.15, -0.1) is 22.7 Å². The third kappa shape index (κ3) is 3.73. The van der Waals surface area contributed by atoms with E-state index in [1.807, 2.05) is 18.2 Å². The van der Waals surface area contributed by atoms with Crippen molar-refractivity contribution in [2.24, 2.45) is 5.92 Å². The number of hydrogen-bond acceptors (Lipinski definition) is 6. The zero-order chi connectivity index (χ0) is 21.5. The fourth-order valence-corrected chi connectivity index (χ4v) is 6.50. The number of thiazole rings is 1. The topological polar surface area (TPSA) is 85.1 Å². The molecular weight excluding hydrogens is 430 g/mol. The number of nitrogens with one attached hydrogen (secondary N) is 1. The van der Waals surface area contributed by atoms with Crippen LogP contribution >= 0.6 is 22.7 Å². The Hall–Kier alpha value is -3.10. The lowest BCUT2D eigenvalue weighted by atomic mass is 9.88. The fraction of sp³-hybridized carbons (Fsp3) is 0.217. The number of nitrogens with zero attached hydrogens (tertiary/aromatic N) is 2. The number of rotatable bonds is 4. The summed E-state index contributed by atoms with van der Waals surface area (Å²) >= 11 is 3.23. The molecule has 2 aromatic carbocycles. The van der Waals surface area contributed by atoms with E-state index in [0.717, 1.165) is 45.1 Å². The van der Waals surface area contributed by atoms with E-state index < -0.39 is 4.92 Å². The van der Waals surface area contributed by atoms with E-state index in [4.69, 9.17) is 4.98 Å². The van der Waals surface area contributed by atoms with Crippen LogP contribution in [0.3, 0.4) is 0 Å². The fourth-order valence-electron chi connectivity index (χ4n) is 3.98. The summed E-state index contributed by atoms with van der Waals surface area (Å²) in [7, 11) is 0. The lowest BCUT2D eigenvalue weighted by Gasteiger charge is -2.18. The first-order valence-corrected chi connectivity index (χ1v) is 11.7. The predicted molar refractivity (Wildman–Crippen MR) is 125 cm³/mol. The summed E-state index contributed by atoms with van der Waals surface area (Å²) in [5, 5.41) is 15.8. The van der Waals surface area contributed by atoms with Gasteiger partial charge in [0.1, 0.15) is 10.0 Å². The molecule has 31 heavy (non-hydrogen) atoms. The number of carbonyl (C=O) groups is 1. The molecule has 4 aromatic rings. The molecule has 0 spiro atoms. The number of aromatic nitrogens is 1. The second-order valence-electron chi connectivity index (χ2n) is 7.80. The number of amides is 1. The van der Waals surface area contributed by atoms with Gasteiger partial charge in [0.25, 0.3) is 11.6 Å². The number of hydrogen-bond donors (Lipinski definition) is 1. The molecule has 2 aromatic heterocycles. The van der Waals surface area contributed by atoms with Crippen LogP contribution in [-0.2, 0) is 12.8 Å². The number of nitro benzene ring substituents is 1. The van der Waals surface area contributed by atoms with Crippen molar-refractivity contribution in [2.45, 2.75) is 26.2 Å². The highest BCUT2D eigenvalue weighted by molar-refractivity contribution is 7.23. The van der Waals surface area contributed by atoms with E-state index in [2.05, 4.69) is 18.3 Å². The second-order valence-corrected chi connectivity index (χ2v) is 9.94. The third-order valence-corrected chi connectivity index (χ3v) is 7.79. The molecule has 1 aliphatic rings. The highest BCUT2D eigenvalue weighted by atomic mass is 32.1. The summed E-state index contributed by atoms with van der Waals surface area (Å²) in [4.78, 5) is 29.7. The minimum atomic E-state index is -0.491. The van der Waals surface area contributed by atoms with Gasteiger partial charge in [-0.25, -0.2) is 4.98 Å². The van der Waals surface area contributed by atoms with E-state index in [1.165, 1.54) is 28.6 Å². The van der Waals surface area contributed by atoms with Crippen molar-refractivity contribution < 1.29 is 9.72 Å². The van der Waals surface area contributed by atoms with Gasteiger partial charge < -0.3 is 5.32 Å². The number of fused-ring (bicyclic) bond motifs is 2. The minimum Gasteiger partial charge on any atom is -0.313 e. The van der Waals surface area contributed by atoms with Gasteiger partial charge in [0.15, 0.2) is 0 Å². The van der Waals surface area contributed by atoms with Gasteiger partial charge in [-0.3, -0.25) is 14.9 Å². The molecule has 5 rings (SSSR count). The predicted octanol–water partition coefficient (Wildman–Crippen LogP) is 6.31. The molecule has 0 radical (unpaired) electrons. The van der Waals surface area contributed by atoms with Gasteiger partial charge in [0.05, 0.1) is 15.1 Å². The van der Waals surface area contributed by atoms with E-state index >= 15 is 0 Å². The maximum atomic E-state index is 13.0. The number of carbonyl (C=O) groups excluding carboxylic acids is 1. The largest absolute Gasteiger partial charge is 0.313 e. The van der Waals surface area contributed by atoms with Crippen molar-refractivity contribution in [3.63, 3.8) is 0 Å². The van der Waals surface area contributed by atoms with Gasteiger partial charge in [0, 0.05) is 28.1 Å². The Kier molecular flexibility index (Phi) is 5.03. The number of thiophene rings is 1. The van der Waals surface area contributed by atoms with E-state index in [1.54, 1.807) is 28.7 Å². The summed E-state index contributed by atoms with van der Waals surface area (Å²) in [6.45, 7) is 2.25. The van der Waals surface area contributed by atoms with Crippen LogP contribution in [0, 0.1) is 16.0 Å². The van der Waals surface area contributed by atoms with Crippen molar-refractivity contribution in [3.05, 3.63) is 74.6 Å². The molecule has 2 heterocycles. The Morgan fingerprint density at radius 2 is 2.03 bits per heavy atom. The van der Waals surface area contributed by atoms with E-state index in [-0.39, 0.29) is 17.2 Å². The van der Waals surface area contributed by atoms with E-state index in [9.17, 15) is 14.9 Å². The summed E-state index contributed by atoms with van der Waals surface area (Å²) in [5.41, 5.74) is 3.40. The Morgan fingerprint density at radius 1 is 1.19 bits per heavy atom. The lowest BCUT2D eigenvalue weighted by molar-refractivity contribution is -0.384. The number of non-ortho nitro benzene ring substituents is 1. The Labute approximate surface area is 186 Å². The highest BCUT2D eigenvalue weighted by Crippen LogP contribution is 2.47. The number of nitro groups is 1. The molecule has 1 N–H and O–H groups in total. The van der Waals surface area contributed by atoms with Crippen LogP contribution in [0.25, 0.3) is 20.8 Å². The van der Waals surface area contributed by atoms with Crippen LogP contribution < -0.4 is 5.32 Å². The van der Waals surface area contributed by atoms with Crippen molar-refractivity contribution in [1.29, 1.82) is 0 Å². The molecule has 6 nitrogen and oxygen atoms in total. The SMILES string of the molecule is CC1CCc2c(sc(NC(=O)c3cccc([N+](=O)[O-])c3)c2-c2nc3ccccc3s2)C1. The molecule has 0 fully saturated rings. The van der Waals surface area contributed by atoms with Crippen molar-refractivity contribution in [1.82, 2.24) is 4.98 Å². The van der Waals surface area contributed by atoms with Crippen LogP contribution in [0.4, 0.5) is 10.7 Å². The molecule has 1 atom stereocenters. The van der Waals surface area contributed by atoms with Crippen LogP contribution in [0.1, 0.15) is 34.1 Å². The van der Waals surface area contributed by atoms with Crippen molar-refractivity contribution >= 4 is 49.5 Å². The van der Waals surface area contributed by atoms with Gasteiger partial charge in [-0.2, -0.15) is 0 Å². The molecular formula is C23H19N3O3S2. The molecule has 1 amide bonds. The average Bonchev–Trinajstić information content (AvgIpc) is 3.33. The third-order valence-electron chi connectivity index (χ3n) is 5.57. The molecule has 0 saturated heterocycles. The molecule has 1 aliphatic carbocycles. The first-order valence-electron chi connectivity index (χ1n) is 10.1. The van der Waals surface area contributed by atoms with Gasteiger partial charge in [-0.1, -0.05) is 25.1 Å². The van der Waals surface area contributed by atoms with Gasteiger partial charge in [0.2, 0.25) is 0 Å². The summed E-state index contributed by atoms with van der Waals surface area (Å²) < 4.78 is 1.11. The van der Waals surface area contributed by atoms with Gasteiger partial charge in [-0.05, 0) is 48.9 Å². The number of anilines is 1. The normalized spacial score (nSPS) is 15.6. The molecule has 0 aliphatic heterocycles. The number of benzene rings is 2. The zero-order valence-electron chi connectivity index (χ0n) is 16.8. The molecule has 0 bridgehead atoms. The second kappa shape index (κ2) is 7.86. The summed E-state index contributed by atoms with van der Waals surface area (Å²) in [6.07, 6.45) is 3.06. The van der Waals surface area contributed by atoms with Crippen LogP contribution in [-0.4, -0.2) is 15.8 Å². The average molecular weight is 450 g/mol. The maximum absolute atomic E-state index is 13.0.